The van der Waals surface area contributed by atoms with Crippen LogP contribution in [0.3, 0.4) is 0 Å². The van der Waals surface area contributed by atoms with Gasteiger partial charge in [0.1, 0.15) is 0 Å². The number of nitrogens with zero attached hydrogens (tertiary/aromatic N) is 4. The van der Waals surface area contributed by atoms with E-state index in [1.54, 1.807) is 4.68 Å². The normalized spacial score (nSPS) is 33.8. The van der Waals surface area contributed by atoms with Gasteiger partial charge in [-0.2, -0.15) is 4.68 Å². The number of aromatic nitrogens is 2. The third kappa shape index (κ3) is 2.24. The predicted octanol–water partition coefficient (Wildman–Crippen LogP) is 3.74. The van der Waals surface area contributed by atoms with Crippen LogP contribution in [-0.2, 0) is 5.54 Å². The zero-order chi connectivity index (χ0) is 17.1. The van der Waals surface area contributed by atoms with E-state index in [0.29, 0.717) is 28.5 Å². The summed E-state index contributed by atoms with van der Waals surface area (Å²) in [7, 11) is 0. The number of thioether (sulfide) groups is 1. The second-order valence-corrected chi connectivity index (χ2v) is 8.73. The molecule has 4 aliphatic carbocycles. The molecule has 24 heavy (non-hydrogen) atoms. The highest BCUT2D eigenvalue weighted by atomic mass is 32.2. The molecule has 4 saturated carbocycles. The highest BCUT2D eigenvalue weighted by Gasteiger charge is 2.56. The fourth-order valence-corrected chi connectivity index (χ4v) is 6.51. The lowest BCUT2D eigenvalue weighted by Gasteiger charge is -2.55. The van der Waals surface area contributed by atoms with Gasteiger partial charge < -0.3 is 10.1 Å². The molecule has 0 atom stereocenters. The van der Waals surface area contributed by atoms with E-state index in [2.05, 4.69) is 5.10 Å². The Bertz CT molecular complexity index is 681. The van der Waals surface area contributed by atoms with Crippen LogP contribution in [0.4, 0.5) is 11.5 Å². The first kappa shape index (κ1) is 15.9. The molecule has 0 amide bonds. The minimum Gasteiger partial charge on any atom is -0.358 e. The molecule has 1 heterocycles. The van der Waals surface area contributed by atoms with E-state index in [0.717, 1.165) is 19.3 Å². The van der Waals surface area contributed by atoms with Crippen molar-refractivity contribution in [1.82, 2.24) is 9.78 Å². The van der Waals surface area contributed by atoms with Crippen LogP contribution in [0, 0.1) is 38.0 Å². The van der Waals surface area contributed by atoms with E-state index >= 15 is 0 Å². The van der Waals surface area contributed by atoms with Crippen LogP contribution in [0.2, 0.25) is 0 Å². The molecule has 9 heteroatoms. The van der Waals surface area contributed by atoms with Gasteiger partial charge in [0.2, 0.25) is 5.03 Å². The summed E-state index contributed by atoms with van der Waals surface area (Å²) in [5, 5.41) is 27.4. The molecule has 0 unspecified atom stereocenters. The van der Waals surface area contributed by atoms with Gasteiger partial charge >= 0.3 is 11.5 Å². The smallest absolute Gasteiger partial charge is 0.358 e. The van der Waals surface area contributed by atoms with Gasteiger partial charge in [0.25, 0.3) is 0 Å². The topological polar surface area (TPSA) is 104 Å². The minimum atomic E-state index is -0.713. The third-order valence-electron chi connectivity index (χ3n) is 5.89. The van der Waals surface area contributed by atoms with Crippen molar-refractivity contribution >= 4 is 23.3 Å². The largest absolute Gasteiger partial charge is 0.469 e. The van der Waals surface area contributed by atoms with E-state index < -0.39 is 21.4 Å². The summed E-state index contributed by atoms with van der Waals surface area (Å²) in [6.07, 6.45) is 6.56. The second-order valence-electron chi connectivity index (χ2n) is 7.48. The van der Waals surface area contributed by atoms with E-state index in [9.17, 15) is 20.2 Å². The van der Waals surface area contributed by atoms with Gasteiger partial charge in [-0.15, -0.1) is 0 Å². The van der Waals surface area contributed by atoms with E-state index in [4.69, 9.17) is 0 Å². The standard InChI is InChI=1S/C15H20N4O4S/c1-2-24-14-12(18(20)21)13(19(22)23)16-17(14)15-6-9-3-10(7-15)5-11(4-9)8-15/h9-11H,2-8H2,1H3. The highest BCUT2D eigenvalue weighted by Crippen LogP contribution is 2.60. The molecule has 0 saturated heterocycles. The van der Waals surface area contributed by atoms with Gasteiger partial charge in [-0.3, -0.25) is 10.1 Å². The van der Waals surface area contributed by atoms with Crippen LogP contribution in [-0.4, -0.2) is 25.4 Å². The summed E-state index contributed by atoms with van der Waals surface area (Å²) >= 11 is 1.30. The lowest BCUT2D eigenvalue weighted by Crippen LogP contribution is -2.52. The summed E-state index contributed by atoms with van der Waals surface area (Å²) in [5.74, 6) is 1.93. The molecule has 8 nitrogen and oxygen atoms in total. The van der Waals surface area contributed by atoms with Gasteiger partial charge in [-0.25, -0.2) is 0 Å². The summed E-state index contributed by atoms with van der Waals surface area (Å²) < 4.78 is 1.70. The molecule has 4 bridgehead atoms. The fourth-order valence-electron chi connectivity index (χ4n) is 5.58. The van der Waals surface area contributed by atoms with Crippen molar-refractivity contribution in [2.45, 2.75) is 56.0 Å². The molecule has 4 aliphatic rings. The molecule has 1 aromatic heterocycles. The van der Waals surface area contributed by atoms with Crippen LogP contribution in [0.1, 0.15) is 45.4 Å². The Kier molecular flexibility index (Phi) is 3.59. The fraction of sp³-hybridized carbons (Fsp3) is 0.800. The van der Waals surface area contributed by atoms with Crippen molar-refractivity contribution in [3.63, 3.8) is 0 Å². The van der Waals surface area contributed by atoms with Crippen molar-refractivity contribution in [3.8, 4) is 0 Å². The van der Waals surface area contributed by atoms with Crippen LogP contribution in [0.25, 0.3) is 0 Å². The highest BCUT2D eigenvalue weighted by molar-refractivity contribution is 7.99. The molecular formula is C15H20N4O4S. The van der Waals surface area contributed by atoms with Crippen LogP contribution >= 0.6 is 11.8 Å². The molecule has 0 aromatic carbocycles. The number of nitro groups is 2. The zero-order valence-corrected chi connectivity index (χ0v) is 14.3. The van der Waals surface area contributed by atoms with Gasteiger partial charge in [-0.1, -0.05) is 18.7 Å². The quantitative estimate of drug-likeness (QED) is 0.454. The zero-order valence-electron chi connectivity index (χ0n) is 13.5. The van der Waals surface area contributed by atoms with E-state index in [1.807, 2.05) is 6.92 Å². The van der Waals surface area contributed by atoms with Crippen LogP contribution in [0.5, 0.6) is 0 Å². The molecule has 0 aliphatic heterocycles. The summed E-state index contributed by atoms with van der Waals surface area (Å²) in [4.78, 5) is 21.5. The third-order valence-corrected chi connectivity index (χ3v) is 6.82. The molecule has 4 fully saturated rings. The lowest BCUT2D eigenvalue weighted by molar-refractivity contribution is -0.426. The lowest BCUT2D eigenvalue weighted by atomic mass is 9.53. The maximum absolute atomic E-state index is 11.5. The molecule has 0 radical (unpaired) electrons. The average Bonchev–Trinajstić information content (AvgIpc) is 2.87. The maximum Gasteiger partial charge on any atom is 0.469 e. The number of rotatable bonds is 5. The Labute approximate surface area is 143 Å². The SMILES string of the molecule is CCSc1c([N+](=O)[O-])c([N+](=O)[O-])nn1C12CC3CC(CC(C3)C1)C2. The van der Waals surface area contributed by atoms with Gasteiger partial charge in [0.15, 0.2) is 0 Å². The molecule has 0 spiro atoms. The summed E-state index contributed by atoms with van der Waals surface area (Å²) in [5.41, 5.74) is -0.687. The Morgan fingerprint density at radius 1 is 1.12 bits per heavy atom. The van der Waals surface area contributed by atoms with Crippen molar-refractivity contribution in [3.05, 3.63) is 20.2 Å². The molecule has 130 valence electrons. The van der Waals surface area contributed by atoms with E-state index in [1.165, 1.54) is 31.0 Å². The number of hydrogen-bond donors (Lipinski definition) is 0. The summed E-state index contributed by atoms with van der Waals surface area (Å²) in [6, 6.07) is 0. The van der Waals surface area contributed by atoms with Crippen molar-refractivity contribution in [2.75, 3.05) is 5.75 Å². The minimum absolute atomic E-state index is 0.259. The average molecular weight is 352 g/mol. The van der Waals surface area contributed by atoms with Crippen molar-refractivity contribution in [1.29, 1.82) is 0 Å². The molecule has 5 rings (SSSR count). The first-order valence-electron chi connectivity index (χ1n) is 8.48. The first-order chi connectivity index (χ1) is 11.4. The van der Waals surface area contributed by atoms with Crippen LogP contribution in [0.15, 0.2) is 5.03 Å². The Morgan fingerprint density at radius 2 is 1.67 bits per heavy atom. The Hall–Kier alpha value is -1.64. The predicted molar refractivity (Wildman–Crippen MR) is 88.1 cm³/mol. The van der Waals surface area contributed by atoms with Gasteiger partial charge in [0, 0.05) is 0 Å². The van der Waals surface area contributed by atoms with Gasteiger partial charge in [0.05, 0.1) is 15.6 Å². The van der Waals surface area contributed by atoms with Crippen molar-refractivity contribution < 1.29 is 9.85 Å². The maximum atomic E-state index is 11.5. The van der Waals surface area contributed by atoms with Crippen LogP contribution < -0.4 is 0 Å². The monoisotopic (exact) mass is 352 g/mol. The summed E-state index contributed by atoms with van der Waals surface area (Å²) in [6.45, 7) is 1.90. The second kappa shape index (κ2) is 5.44. The molecule has 1 aromatic rings. The molecular weight excluding hydrogens is 332 g/mol. The van der Waals surface area contributed by atoms with E-state index in [-0.39, 0.29) is 5.54 Å². The Morgan fingerprint density at radius 3 is 2.08 bits per heavy atom. The van der Waals surface area contributed by atoms with Crippen molar-refractivity contribution in [2.24, 2.45) is 17.8 Å². The Balaban J connectivity index is 1.87. The number of hydrogen-bond acceptors (Lipinski definition) is 6. The molecule has 0 N–H and O–H groups in total. The van der Waals surface area contributed by atoms with Gasteiger partial charge in [-0.05, 0) is 67.0 Å². The first-order valence-corrected chi connectivity index (χ1v) is 9.47.